The zero-order valence-corrected chi connectivity index (χ0v) is 15.9. The van der Waals surface area contributed by atoms with Crippen LogP contribution in [0.1, 0.15) is 48.6 Å². The zero-order chi connectivity index (χ0) is 19.8. The van der Waals surface area contributed by atoms with E-state index in [1.807, 2.05) is 31.2 Å². The Kier molecular flexibility index (Phi) is 7.55. The van der Waals surface area contributed by atoms with Gasteiger partial charge in [-0.05, 0) is 37.3 Å². The van der Waals surface area contributed by atoms with Gasteiger partial charge in [-0.2, -0.15) is 4.98 Å². The normalized spacial score (nSPS) is 12.0. The summed E-state index contributed by atoms with van der Waals surface area (Å²) in [7, 11) is 0. The standard InChI is InChI=1S/C20H28N4O3/c1-3-16(5-4-10-25)23-19-17(13(2)22-20(21)24-19)11-14-6-8-15(9-7-14)12-18(26)27/h6-9,16,25H,3-5,10-12H2,1-2H3,(H,26,27)(H3,21,22,23,24). The van der Waals surface area contributed by atoms with Gasteiger partial charge in [-0.15, -0.1) is 0 Å². The number of anilines is 2. The number of hydrogen-bond acceptors (Lipinski definition) is 6. The molecule has 1 aromatic carbocycles. The third kappa shape index (κ3) is 6.21. The molecule has 5 N–H and O–H groups in total. The van der Waals surface area contributed by atoms with Crippen molar-refractivity contribution in [2.24, 2.45) is 0 Å². The van der Waals surface area contributed by atoms with Gasteiger partial charge < -0.3 is 21.3 Å². The molecule has 7 nitrogen and oxygen atoms in total. The number of aliphatic carboxylic acids is 1. The van der Waals surface area contributed by atoms with Crippen molar-refractivity contribution in [3.05, 3.63) is 46.6 Å². The topological polar surface area (TPSA) is 121 Å². The average molecular weight is 372 g/mol. The van der Waals surface area contributed by atoms with Crippen molar-refractivity contribution in [2.75, 3.05) is 17.7 Å². The number of hydrogen-bond donors (Lipinski definition) is 4. The van der Waals surface area contributed by atoms with Gasteiger partial charge in [0.2, 0.25) is 5.95 Å². The van der Waals surface area contributed by atoms with E-state index in [0.29, 0.717) is 6.42 Å². The SMILES string of the molecule is CCC(CCCO)Nc1nc(N)nc(C)c1Cc1ccc(CC(=O)O)cc1. The lowest BCUT2D eigenvalue weighted by atomic mass is 10.0. The minimum Gasteiger partial charge on any atom is -0.481 e. The van der Waals surface area contributed by atoms with Crippen molar-refractivity contribution >= 4 is 17.7 Å². The molecule has 0 radical (unpaired) electrons. The molecular weight excluding hydrogens is 344 g/mol. The summed E-state index contributed by atoms with van der Waals surface area (Å²) in [4.78, 5) is 19.5. The van der Waals surface area contributed by atoms with Gasteiger partial charge in [-0.3, -0.25) is 4.79 Å². The predicted octanol–water partition coefficient (Wildman–Crippen LogP) is 2.55. The fourth-order valence-electron chi connectivity index (χ4n) is 3.01. The fraction of sp³-hybridized carbons (Fsp3) is 0.450. The molecule has 1 atom stereocenters. The van der Waals surface area contributed by atoms with Gasteiger partial charge in [0.05, 0.1) is 6.42 Å². The molecule has 0 aliphatic rings. The van der Waals surface area contributed by atoms with Crippen LogP contribution < -0.4 is 11.1 Å². The molecule has 0 fully saturated rings. The van der Waals surface area contributed by atoms with Gasteiger partial charge in [0.1, 0.15) is 5.82 Å². The smallest absolute Gasteiger partial charge is 0.307 e. The number of rotatable bonds is 10. The minimum atomic E-state index is -0.842. The number of carbonyl (C=O) groups is 1. The van der Waals surface area contributed by atoms with Gasteiger partial charge in [0.15, 0.2) is 0 Å². The molecule has 0 spiro atoms. The first kappa shape index (κ1) is 20.6. The molecule has 2 aromatic rings. The minimum absolute atomic E-state index is 0.0140. The van der Waals surface area contributed by atoms with Crippen LogP contribution in [0.15, 0.2) is 24.3 Å². The van der Waals surface area contributed by atoms with Crippen LogP contribution in [0, 0.1) is 6.92 Å². The molecule has 27 heavy (non-hydrogen) atoms. The number of aryl methyl sites for hydroxylation is 1. The molecule has 1 unspecified atom stereocenters. The molecule has 1 heterocycles. The monoisotopic (exact) mass is 372 g/mol. The Morgan fingerprint density at radius 2 is 1.89 bits per heavy atom. The molecule has 2 rings (SSSR count). The number of nitrogens with one attached hydrogen (secondary N) is 1. The molecule has 0 saturated heterocycles. The van der Waals surface area contributed by atoms with Crippen molar-refractivity contribution in [1.29, 1.82) is 0 Å². The second kappa shape index (κ2) is 9.87. The molecule has 0 saturated carbocycles. The van der Waals surface area contributed by atoms with Crippen LogP contribution in [0.25, 0.3) is 0 Å². The Labute approximate surface area is 159 Å². The second-order valence-corrected chi connectivity index (χ2v) is 6.67. The van der Waals surface area contributed by atoms with Gasteiger partial charge in [0.25, 0.3) is 0 Å². The van der Waals surface area contributed by atoms with Crippen molar-refractivity contribution in [2.45, 2.75) is 52.0 Å². The molecule has 146 valence electrons. The third-order valence-corrected chi connectivity index (χ3v) is 4.53. The molecule has 0 aliphatic carbocycles. The van der Waals surface area contributed by atoms with Crippen molar-refractivity contribution in [1.82, 2.24) is 9.97 Å². The third-order valence-electron chi connectivity index (χ3n) is 4.53. The average Bonchev–Trinajstić information content (AvgIpc) is 2.62. The fourth-order valence-corrected chi connectivity index (χ4v) is 3.01. The van der Waals surface area contributed by atoms with E-state index < -0.39 is 5.97 Å². The first-order chi connectivity index (χ1) is 12.9. The van der Waals surface area contributed by atoms with Crippen LogP contribution in [0.2, 0.25) is 0 Å². The lowest BCUT2D eigenvalue weighted by molar-refractivity contribution is -0.136. The maximum absolute atomic E-state index is 10.8. The summed E-state index contributed by atoms with van der Waals surface area (Å²) >= 11 is 0. The summed E-state index contributed by atoms with van der Waals surface area (Å²) in [5, 5.41) is 21.4. The van der Waals surface area contributed by atoms with Crippen LogP contribution in [-0.2, 0) is 17.6 Å². The molecular formula is C20H28N4O3. The molecule has 0 amide bonds. The molecule has 0 bridgehead atoms. The van der Waals surface area contributed by atoms with E-state index in [0.717, 1.165) is 47.5 Å². The quantitative estimate of drug-likeness (QED) is 0.505. The Morgan fingerprint density at radius 3 is 2.48 bits per heavy atom. The number of nitrogens with two attached hydrogens (primary N) is 1. The van der Waals surface area contributed by atoms with E-state index >= 15 is 0 Å². The summed E-state index contributed by atoms with van der Waals surface area (Å²) in [5.74, 6) is 0.109. The summed E-state index contributed by atoms with van der Waals surface area (Å²) in [6, 6.07) is 7.73. The van der Waals surface area contributed by atoms with Crippen LogP contribution in [0.3, 0.4) is 0 Å². The Bertz CT molecular complexity index is 763. The number of aromatic nitrogens is 2. The highest BCUT2D eigenvalue weighted by Gasteiger charge is 2.15. The Balaban J connectivity index is 2.23. The number of aliphatic hydroxyl groups is 1. The Hall–Kier alpha value is -2.67. The van der Waals surface area contributed by atoms with E-state index in [-0.39, 0.29) is 25.0 Å². The highest BCUT2D eigenvalue weighted by Crippen LogP contribution is 2.23. The van der Waals surface area contributed by atoms with Gasteiger partial charge in [0, 0.05) is 30.3 Å². The first-order valence-corrected chi connectivity index (χ1v) is 9.22. The Morgan fingerprint density at radius 1 is 1.22 bits per heavy atom. The van der Waals surface area contributed by atoms with Gasteiger partial charge >= 0.3 is 5.97 Å². The van der Waals surface area contributed by atoms with Crippen molar-refractivity contribution in [3.63, 3.8) is 0 Å². The van der Waals surface area contributed by atoms with Gasteiger partial charge in [-0.1, -0.05) is 31.2 Å². The summed E-state index contributed by atoms with van der Waals surface area (Å²) < 4.78 is 0. The number of benzene rings is 1. The summed E-state index contributed by atoms with van der Waals surface area (Å²) in [6.07, 6.45) is 3.12. The van der Waals surface area contributed by atoms with Crippen LogP contribution in [0.5, 0.6) is 0 Å². The van der Waals surface area contributed by atoms with E-state index in [4.69, 9.17) is 15.9 Å². The lowest BCUT2D eigenvalue weighted by Crippen LogP contribution is -2.22. The lowest BCUT2D eigenvalue weighted by Gasteiger charge is -2.20. The summed E-state index contributed by atoms with van der Waals surface area (Å²) in [6.45, 7) is 4.16. The molecule has 7 heteroatoms. The number of nitrogen functional groups attached to an aromatic ring is 1. The van der Waals surface area contributed by atoms with Crippen molar-refractivity contribution < 1.29 is 15.0 Å². The van der Waals surface area contributed by atoms with E-state index in [2.05, 4.69) is 22.2 Å². The van der Waals surface area contributed by atoms with E-state index in [1.165, 1.54) is 0 Å². The maximum Gasteiger partial charge on any atom is 0.307 e. The maximum atomic E-state index is 10.8. The van der Waals surface area contributed by atoms with Crippen molar-refractivity contribution in [3.8, 4) is 0 Å². The predicted molar refractivity (Wildman–Crippen MR) is 106 cm³/mol. The number of carboxylic acid groups (broad SMARTS) is 1. The van der Waals surface area contributed by atoms with Crippen LogP contribution in [0.4, 0.5) is 11.8 Å². The van der Waals surface area contributed by atoms with E-state index in [9.17, 15) is 4.79 Å². The summed E-state index contributed by atoms with van der Waals surface area (Å²) in [5.41, 5.74) is 9.45. The molecule has 1 aromatic heterocycles. The van der Waals surface area contributed by atoms with Gasteiger partial charge in [-0.25, -0.2) is 4.98 Å². The highest BCUT2D eigenvalue weighted by atomic mass is 16.4. The number of carboxylic acids is 1. The second-order valence-electron chi connectivity index (χ2n) is 6.67. The van der Waals surface area contributed by atoms with E-state index in [1.54, 1.807) is 0 Å². The number of aliphatic hydroxyl groups excluding tert-OH is 1. The number of nitrogens with zero attached hydrogens (tertiary/aromatic N) is 2. The zero-order valence-electron chi connectivity index (χ0n) is 15.9. The highest BCUT2D eigenvalue weighted by molar-refractivity contribution is 5.70. The largest absolute Gasteiger partial charge is 0.481 e. The van der Waals surface area contributed by atoms with Crippen LogP contribution >= 0.6 is 0 Å². The molecule has 0 aliphatic heterocycles. The first-order valence-electron chi connectivity index (χ1n) is 9.22. The van der Waals surface area contributed by atoms with Crippen LogP contribution in [-0.4, -0.2) is 38.8 Å².